The van der Waals surface area contributed by atoms with E-state index < -0.39 is 21.7 Å². The minimum absolute atomic E-state index is 0.0798. The van der Waals surface area contributed by atoms with Gasteiger partial charge < -0.3 is 9.63 Å². The van der Waals surface area contributed by atoms with Crippen LogP contribution in [0.2, 0.25) is 0 Å². The van der Waals surface area contributed by atoms with Crippen molar-refractivity contribution in [3.05, 3.63) is 11.7 Å². The van der Waals surface area contributed by atoms with Gasteiger partial charge in [0.05, 0.1) is 13.0 Å². The van der Waals surface area contributed by atoms with E-state index in [0.717, 1.165) is 18.8 Å². The lowest BCUT2D eigenvalue weighted by atomic mass is 9.84. The Balaban J connectivity index is 1.90. The number of carboxylic acids is 1. The molecular formula is C19H34N4O5S. The van der Waals surface area contributed by atoms with E-state index in [9.17, 15) is 18.3 Å². The van der Waals surface area contributed by atoms with Crippen molar-refractivity contribution in [1.82, 2.24) is 19.6 Å². The predicted molar refractivity (Wildman–Crippen MR) is 108 cm³/mol. The minimum atomic E-state index is -3.71. The monoisotopic (exact) mass is 430 g/mol. The number of hydrogen-bond donors (Lipinski definition) is 3. The molecule has 0 saturated heterocycles. The number of aromatic nitrogens is 2. The number of carbonyl (C=O) groups is 1. The van der Waals surface area contributed by atoms with E-state index in [1.807, 2.05) is 0 Å². The molecule has 9 nitrogen and oxygen atoms in total. The molecule has 0 spiro atoms. The highest BCUT2D eigenvalue weighted by atomic mass is 32.2. The number of hydrogen-bond acceptors (Lipinski definition) is 6. The van der Waals surface area contributed by atoms with E-state index in [1.165, 1.54) is 32.1 Å². The Kier molecular flexibility index (Phi) is 8.59. The second-order valence-corrected chi connectivity index (χ2v) is 10.5. The van der Waals surface area contributed by atoms with E-state index in [2.05, 4.69) is 19.6 Å². The van der Waals surface area contributed by atoms with Crippen LogP contribution in [-0.2, 0) is 21.5 Å². The summed E-state index contributed by atoms with van der Waals surface area (Å²) in [7, 11) is -3.71. The lowest BCUT2D eigenvalue weighted by molar-refractivity contribution is -0.137. The second-order valence-electron chi connectivity index (χ2n) is 8.96. The number of aliphatic carboxylic acids is 1. The summed E-state index contributed by atoms with van der Waals surface area (Å²) >= 11 is 0. The molecule has 1 aliphatic carbocycles. The van der Waals surface area contributed by atoms with E-state index >= 15 is 0 Å². The van der Waals surface area contributed by atoms with Crippen LogP contribution < -0.4 is 9.44 Å². The summed E-state index contributed by atoms with van der Waals surface area (Å²) in [4.78, 5) is 15.5. The summed E-state index contributed by atoms with van der Waals surface area (Å²) in [5, 5.41) is 13.0. The Labute approximate surface area is 173 Å². The lowest BCUT2D eigenvalue weighted by Crippen LogP contribution is -2.46. The van der Waals surface area contributed by atoms with E-state index in [4.69, 9.17) is 4.52 Å². The van der Waals surface area contributed by atoms with Crippen molar-refractivity contribution in [1.29, 1.82) is 0 Å². The van der Waals surface area contributed by atoms with Crippen LogP contribution in [0, 0.1) is 5.92 Å². The van der Waals surface area contributed by atoms with Gasteiger partial charge in [-0.2, -0.15) is 22.8 Å². The molecule has 1 aliphatic rings. The highest BCUT2D eigenvalue weighted by molar-refractivity contribution is 7.87. The average molecular weight is 431 g/mol. The highest BCUT2D eigenvalue weighted by Gasteiger charge is 2.24. The Hall–Kier alpha value is -1.52. The number of rotatable bonds is 11. The van der Waals surface area contributed by atoms with Crippen LogP contribution in [0.3, 0.4) is 0 Å². The van der Waals surface area contributed by atoms with Crippen molar-refractivity contribution >= 4 is 16.2 Å². The first kappa shape index (κ1) is 23.8. The van der Waals surface area contributed by atoms with E-state index in [0.29, 0.717) is 6.42 Å². The van der Waals surface area contributed by atoms with Crippen molar-refractivity contribution in [2.24, 2.45) is 5.92 Å². The van der Waals surface area contributed by atoms with Gasteiger partial charge in [-0.3, -0.25) is 4.79 Å². The molecule has 0 bridgehead atoms. The molecule has 0 aromatic carbocycles. The molecule has 1 heterocycles. The van der Waals surface area contributed by atoms with Crippen molar-refractivity contribution in [2.45, 2.75) is 96.6 Å². The third kappa shape index (κ3) is 9.22. The molecule has 1 saturated carbocycles. The Morgan fingerprint density at radius 1 is 1.28 bits per heavy atom. The maximum absolute atomic E-state index is 12.0. The highest BCUT2D eigenvalue weighted by Crippen LogP contribution is 2.31. The molecule has 29 heavy (non-hydrogen) atoms. The predicted octanol–water partition coefficient (Wildman–Crippen LogP) is 3.10. The second kappa shape index (κ2) is 10.5. The summed E-state index contributed by atoms with van der Waals surface area (Å²) in [6.07, 6.45) is 9.02. The minimum Gasteiger partial charge on any atom is -0.481 e. The van der Waals surface area contributed by atoms with Crippen LogP contribution in [0.25, 0.3) is 0 Å². The Bertz CT molecular complexity index is 751. The van der Waals surface area contributed by atoms with Crippen molar-refractivity contribution in [3.8, 4) is 0 Å². The smallest absolute Gasteiger partial charge is 0.304 e. The summed E-state index contributed by atoms with van der Waals surface area (Å²) < 4.78 is 34.1. The third-order valence-corrected chi connectivity index (χ3v) is 6.41. The van der Waals surface area contributed by atoms with Gasteiger partial charge in [0, 0.05) is 11.5 Å². The van der Waals surface area contributed by atoms with E-state index in [1.54, 1.807) is 20.8 Å². The fourth-order valence-corrected chi connectivity index (χ4v) is 4.95. The molecular weight excluding hydrogens is 396 g/mol. The van der Waals surface area contributed by atoms with Crippen LogP contribution in [-0.4, -0.2) is 35.2 Å². The molecule has 1 fully saturated rings. The van der Waals surface area contributed by atoms with Gasteiger partial charge in [-0.1, -0.05) is 50.1 Å². The van der Waals surface area contributed by atoms with Gasteiger partial charge in [-0.05, 0) is 33.1 Å². The fourth-order valence-electron chi connectivity index (χ4n) is 3.76. The van der Waals surface area contributed by atoms with Gasteiger partial charge >= 0.3 is 5.97 Å². The first-order valence-corrected chi connectivity index (χ1v) is 11.9. The molecule has 1 aromatic heterocycles. The Morgan fingerprint density at radius 3 is 2.59 bits per heavy atom. The zero-order valence-corrected chi connectivity index (χ0v) is 18.4. The zero-order valence-electron chi connectivity index (χ0n) is 17.6. The summed E-state index contributed by atoms with van der Waals surface area (Å²) in [5.74, 6) is -0.0997. The molecule has 3 N–H and O–H groups in total. The number of nitrogens with one attached hydrogen (secondary N) is 2. The molecule has 2 rings (SSSR count). The van der Waals surface area contributed by atoms with Gasteiger partial charge in [-0.15, -0.1) is 0 Å². The quantitative estimate of drug-likeness (QED) is 0.491. The van der Waals surface area contributed by atoms with Crippen LogP contribution in [0.1, 0.15) is 96.2 Å². The van der Waals surface area contributed by atoms with Crippen molar-refractivity contribution in [2.75, 3.05) is 0 Å². The lowest BCUT2D eigenvalue weighted by Gasteiger charge is -2.21. The summed E-state index contributed by atoms with van der Waals surface area (Å²) in [6.45, 7) is 5.09. The van der Waals surface area contributed by atoms with Gasteiger partial charge in [0.1, 0.15) is 0 Å². The molecule has 1 unspecified atom stereocenters. The maximum atomic E-state index is 12.0. The Morgan fingerprint density at radius 2 is 1.97 bits per heavy atom. The molecule has 10 heteroatoms. The molecule has 0 aliphatic heterocycles. The summed E-state index contributed by atoms with van der Waals surface area (Å²) in [6, 6.07) is 0. The van der Waals surface area contributed by atoms with E-state index in [-0.39, 0.29) is 30.6 Å². The molecule has 1 aromatic rings. The SMILES string of the molecule is CC(C)(C)NS(=O)(=O)NCc1noc(C(CCCC2CCCCC2)CC(=O)O)n1. The van der Waals surface area contributed by atoms with Gasteiger partial charge in [0.15, 0.2) is 5.82 Å². The maximum Gasteiger partial charge on any atom is 0.304 e. The van der Waals surface area contributed by atoms with Crippen LogP contribution in [0.5, 0.6) is 0 Å². The van der Waals surface area contributed by atoms with Crippen LogP contribution in [0.4, 0.5) is 0 Å². The van der Waals surface area contributed by atoms with Crippen molar-refractivity contribution in [3.63, 3.8) is 0 Å². The van der Waals surface area contributed by atoms with Gasteiger partial charge in [0.25, 0.3) is 10.2 Å². The van der Waals surface area contributed by atoms with Gasteiger partial charge in [-0.25, -0.2) is 0 Å². The number of carboxylic acid groups (broad SMARTS) is 1. The largest absolute Gasteiger partial charge is 0.481 e. The third-order valence-electron chi connectivity index (χ3n) is 5.00. The molecule has 0 amide bonds. The first-order valence-electron chi connectivity index (χ1n) is 10.4. The van der Waals surface area contributed by atoms with Gasteiger partial charge in [0.2, 0.25) is 5.89 Å². The fraction of sp³-hybridized carbons (Fsp3) is 0.842. The first-order chi connectivity index (χ1) is 13.5. The normalized spacial score (nSPS) is 17.3. The average Bonchev–Trinajstić information content (AvgIpc) is 3.07. The van der Waals surface area contributed by atoms with Crippen molar-refractivity contribution < 1.29 is 22.8 Å². The molecule has 166 valence electrons. The molecule has 1 atom stereocenters. The topological polar surface area (TPSA) is 134 Å². The van der Waals surface area contributed by atoms with Crippen LogP contribution in [0.15, 0.2) is 4.52 Å². The molecule has 0 radical (unpaired) electrons. The van der Waals surface area contributed by atoms with Crippen LogP contribution >= 0.6 is 0 Å². The number of nitrogens with zero attached hydrogens (tertiary/aromatic N) is 2. The zero-order chi connectivity index (χ0) is 21.5. The standard InChI is InChI=1S/C19H34N4O5S/c1-19(2,3)23-29(26,27)20-13-16-21-18(28-22-16)15(12-17(24)25)11-7-10-14-8-5-4-6-9-14/h14-15,20,23H,4-13H2,1-3H3,(H,24,25). The summed E-state index contributed by atoms with van der Waals surface area (Å²) in [5.41, 5.74) is -0.612.